The predicted octanol–water partition coefficient (Wildman–Crippen LogP) is 2.85. The van der Waals surface area contributed by atoms with Crippen LogP contribution < -0.4 is 4.74 Å². The van der Waals surface area contributed by atoms with E-state index in [4.69, 9.17) is 4.74 Å². The van der Waals surface area contributed by atoms with E-state index in [0.717, 1.165) is 25.0 Å². The van der Waals surface area contributed by atoms with Gasteiger partial charge in [0.25, 0.3) is 0 Å². The zero-order chi connectivity index (χ0) is 11.5. The fourth-order valence-corrected chi connectivity index (χ4v) is 2.41. The number of carbonyl (C=O) groups excluding carboxylic acids is 1. The van der Waals surface area contributed by atoms with Gasteiger partial charge in [-0.05, 0) is 36.5 Å². The Labute approximate surface area is 96.6 Å². The Balaban J connectivity index is 2.01. The van der Waals surface area contributed by atoms with Gasteiger partial charge in [-0.2, -0.15) is 0 Å². The van der Waals surface area contributed by atoms with Crippen molar-refractivity contribution < 1.29 is 9.53 Å². The summed E-state index contributed by atoms with van der Waals surface area (Å²) in [5, 5.41) is 0. The van der Waals surface area contributed by atoms with Gasteiger partial charge < -0.3 is 4.74 Å². The highest BCUT2D eigenvalue weighted by atomic mass is 16.5. The Kier molecular flexibility index (Phi) is 3.28. The van der Waals surface area contributed by atoms with Crippen molar-refractivity contribution in [2.45, 2.75) is 26.2 Å². The molecule has 1 aliphatic carbocycles. The summed E-state index contributed by atoms with van der Waals surface area (Å²) in [7, 11) is 1.67. The van der Waals surface area contributed by atoms with Gasteiger partial charge in [0.05, 0.1) is 7.11 Å². The van der Waals surface area contributed by atoms with E-state index in [1.807, 2.05) is 12.1 Å². The summed E-state index contributed by atoms with van der Waals surface area (Å²) in [5.41, 5.74) is 1.30. The molecule has 86 valence electrons. The van der Waals surface area contributed by atoms with E-state index in [1.165, 1.54) is 5.56 Å². The highest BCUT2D eigenvalue weighted by Crippen LogP contribution is 2.31. The van der Waals surface area contributed by atoms with Crippen molar-refractivity contribution >= 4 is 5.78 Å². The Bertz CT molecular complexity index is 367. The van der Waals surface area contributed by atoms with Crippen LogP contribution >= 0.6 is 0 Å². The second kappa shape index (κ2) is 4.69. The lowest BCUT2D eigenvalue weighted by Crippen LogP contribution is -2.12. The zero-order valence-electron chi connectivity index (χ0n) is 9.90. The Hall–Kier alpha value is -1.31. The highest BCUT2D eigenvalue weighted by Gasteiger charge is 2.30. The van der Waals surface area contributed by atoms with Crippen LogP contribution in [0.15, 0.2) is 24.3 Å². The molecule has 0 radical (unpaired) electrons. The summed E-state index contributed by atoms with van der Waals surface area (Å²) in [6.45, 7) is 2.06. The van der Waals surface area contributed by atoms with E-state index in [0.29, 0.717) is 11.7 Å². The normalized spacial score (nSPS) is 24.8. The minimum Gasteiger partial charge on any atom is -0.497 e. The number of benzene rings is 1. The van der Waals surface area contributed by atoms with Crippen LogP contribution in [0.2, 0.25) is 0 Å². The van der Waals surface area contributed by atoms with Crippen LogP contribution in [-0.4, -0.2) is 12.9 Å². The molecular weight excluding hydrogens is 200 g/mol. The van der Waals surface area contributed by atoms with Crippen LogP contribution in [0.5, 0.6) is 5.75 Å². The molecule has 2 rings (SSSR count). The van der Waals surface area contributed by atoms with E-state index >= 15 is 0 Å². The van der Waals surface area contributed by atoms with Crippen molar-refractivity contribution in [3.63, 3.8) is 0 Å². The largest absolute Gasteiger partial charge is 0.497 e. The lowest BCUT2D eigenvalue weighted by atomic mass is 9.91. The third-order valence-corrected chi connectivity index (χ3v) is 3.63. The number of rotatable bonds is 3. The lowest BCUT2D eigenvalue weighted by Gasteiger charge is -2.14. The maximum Gasteiger partial charge on any atom is 0.135 e. The van der Waals surface area contributed by atoms with E-state index < -0.39 is 0 Å². The Morgan fingerprint density at radius 3 is 2.50 bits per heavy atom. The van der Waals surface area contributed by atoms with E-state index in [9.17, 15) is 4.79 Å². The van der Waals surface area contributed by atoms with Crippen LogP contribution in [0.3, 0.4) is 0 Å². The molecule has 1 fully saturated rings. The SMILES string of the molecule is COc1ccc(CC2CCC(=O)C2C)cc1. The number of methoxy groups -OCH3 is 1. The molecule has 0 saturated heterocycles. The first kappa shape index (κ1) is 11.2. The molecule has 2 unspecified atom stereocenters. The molecule has 1 aromatic carbocycles. The van der Waals surface area contributed by atoms with Gasteiger partial charge in [0, 0.05) is 12.3 Å². The number of carbonyl (C=O) groups is 1. The predicted molar refractivity (Wildman–Crippen MR) is 63.6 cm³/mol. The van der Waals surface area contributed by atoms with Crippen molar-refractivity contribution in [1.82, 2.24) is 0 Å². The summed E-state index contributed by atoms with van der Waals surface area (Å²) < 4.78 is 5.12. The first-order valence-electron chi connectivity index (χ1n) is 5.86. The number of hydrogen-bond acceptors (Lipinski definition) is 2. The number of ether oxygens (including phenoxy) is 1. The average molecular weight is 218 g/mol. The minimum atomic E-state index is 0.238. The summed E-state index contributed by atoms with van der Waals surface area (Å²) in [5.74, 6) is 2.08. The van der Waals surface area contributed by atoms with Gasteiger partial charge in [-0.25, -0.2) is 0 Å². The maximum atomic E-state index is 11.5. The summed E-state index contributed by atoms with van der Waals surface area (Å²) in [6, 6.07) is 8.15. The number of ketones is 1. The molecule has 0 amide bonds. The minimum absolute atomic E-state index is 0.238. The van der Waals surface area contributed by atoms with Crippen molar-refractivity contribution in [1.29, 1.82) is 0 Å². The molecule has 1 aromatic rings. The third-order valence-electron chi connectivity index (χ3n) is 3.63. The monoisotopic (exact) mass is 218 g/mol. The fraction of sp³-hybridized carbons (Fsp3) is 0.500. The Morgan fingerprint density at radius 1 is 1.31 bits per heavy atom. The molecule has 0 spiro atoms. The summed E-state index contributed by atoms with van der Waals surface area (Å²) in [6.07, 6.45) is 2.82. The molecular formula is C14H18O2. The molecule has 2 nitrogen and oxygen atoms in total. The average Bonchev–Trinajstić information content (AvgIpc) is 2.62. The van der Waals surface area contributed by atoms with Gasteiger partial charge >= 0.3 is 0 Å². The molecule has 2 heteroatoms. The van der Waals surface area contributed by atoms with Crippen LogP contribution in [0, 0.1) is 11.8 Å². The third kappa shape index (κ3) is 2.26. The summed E-state index contributed by atoms with van der Waals surface area (Å²) >= 11 is 0. The number of hydrogen-bond donors (Lipinski definition) is 0. The van der Waals surface area contributed by atoms with Gasteiger partial charge in [0.2, 0.25) is 0 Å². The zero-order valence-corrected chi connectivity index (χ0v) is 9.90. The standard InChI is InChI=1S/C14H18O2/c1-10-12(5-8-14(10)15)9-11-3-6-13(16-2)7-4-11/h3-4,6-7,10,12H,5,8-9H2,1-2H3. The second-order valence-electron chi connectivity index (χ2n) is 4.61. The van der Waals surface area contributed by atoms with Crippen molar-refractivity contribution in [3.05, 3.63) is 29.8 Å². The molecule has 0 heterocycles. The van der Waals surface area contributed by atoms with Gasteiger partial charge in [0.1, 0.15) is 11.5 Å². The molecule has 0 N–H and O–H groups in total. The molecule has 1 saturated carbocycles. The molecule has 0 aromatic heterocycles. The van der Waals surface area contributed by atoms with Gasteiger partial charge in [-0.3, -0.25) is 4.79 Å². The number of Topliss-reactive ketones (excluding diaryl/α,β-unsaturated/α-hetero) is 1. The summed E-state index contributed by atoms with van der Waals surface area (Å²) in [4.78, 5) is 11.5. The van der Waals surface area contributed by atoms with E-state index in [1.54, 1.807) is 7.11 Å². The molecule has 0 aliphatic heterocycles. The van der Waals surface area contributed by atoms with Crippen LogP contribution in [-0.2, 0) is 11.2 Å². The van der Waals surface area contributed by atoms with Gasteiger partial charge in [-0.1, -0.05) is 19.1 Å². The van der Waals surface area contributed by atoms with Crippen molar-refractivity contribution in [3.8, 4) is 5.75 Å². The quantitative estimate of drug-likeness (QED) is 0.779. The van der Waals surface area contributed by atoms with E-state index in [-0.39, 0.29) is 5.92 Å². The molecule has 16 heavy (non-hydrogen) atoms. The van der Waals surface area contributed by atoms with Gasteiger partial charge in [0.15, 0.2) is 0 Å². The Morgan fingerprint density at radius 2 is 2.00 bits per heavy atom. The first-order valence-corrected chi connectivity index (χ1v) is 5.86. The smallest absolute Gasteiger partial charge is 0.135 e. The van der Waals surface area contributed by atoms with Crippen LogP contribution in [0.25, 0.3) is 0 Å². The van der Waals surface area contributed by atoms with Crippen molar-refractivity contribution in [2.24, 2.45) is 11.8 Å². The lowest BCUT2D eigenvalue weighted by molar-refractivity contribution is -0.120. The molecule has 0 bridgehead atoms. The maximum absolute atomic E-state index is 11.5. The molecule has 1 aliphatic rings. The highest BCUT2D eigenvalue weighted by molar-refractivity contribution is 5.83. The molecule has 2 atom stereocenters. The second-order valence-corrected chi connectivity index (χ2v) is 4.61. The topological polar surface area (TPSA) is 26.3 Å². The fourth-order valence-electron chi connectivity index (χ4n) is 2.41. The van der Waals surface area contributed by atoms with Crippen LogP contribution in [0.4, 0.5) is 0 Å². The van der Waals surface area contributed by atoms with Crippen LogP contribution in [0.1, 0.15) is 25.3 Å². The van der Waals surface area contributed by atoms with Crippen molar-refractivity contribution in [2.75, 3.05) is 7.11 Å². The first-order chi connectivity index (χ1) is 7.70. The van der Waals surface area contributed by atoms with Gasteiger partial charge in [-0.15, -0.1) is 0 Å². The van der Waals surface area contributed by atoms with E-state index in [2.05, 4.69) is 19.1 Å².